The van der Waals surface area contributed by atoms with Crippen LogP contribution in [0, 0.1) is 0 Å². The number of nitrogens with one attached hydrogen (secondary N) is 1. The van der Waals surface area contributed by atoms with Crippen LogP contribution in [0.5, 0.6) is 11.5 Å². The molecule has 0 aliphatic carbocycles. The molecule has 0 fully saturated rings. The summed E-state index contributed by atoms with van der Waals surface area (Å²) in [6.45, 7) is 2.05. The van der Waals surface area contributed by atoms with Crippen LogP contribution in [0.4, 0.5) is 5.13 Å². The molecular formula is C15H19N3O3S2. The highest BCUT2D eigenvalue weighted by molar-refractivity contribution is 8.01. The molecule has 8 heteroatoms. The van der Waals surface area contributed by atoms with Crippen molar-refractivity contribution >= 4 is 34.1 Å². The van der Waals surface area contributed by atoms with Crippen molar-refractivity contribution in [1.29, 1.82) is 0 Å². The number of ether oxygens (including phenoxy) is 2. The van der Waals surface area contributed by atoms with Crippen LogP contribution >= 0.6 is 23.1 Å². The van der Waals surface area contributed by atoms with Gasteiger partial charge in [-0.05, 0) is 29.9 Å². The third kappa shape index (κ3) is 5.40. The largest absolute Gasteiger partial charge is 0.497 e. The lowest BCUT2D eigenvalue weighted by Gasteiger charge is -2.08. The van der Waals surface area contributed by atoms with Crippen LogP contribution in [-0.4, -0.2) is 36.1 Å². The van der Waals surface area contributed by atoms with Gasteiger partial charge in [-0.15, -0.1) is 10.2 Å². The number of aromatic nitrogens is 2. The number of carbonyl (C=O) groups is 1. The van der Waals surface area contributed by atoms with Crippen LogP contribution in [0.3, 0.4) is 0 Å². The van der Waals surface area contributed by atoms with Gasteiger partial charge in [0.05, 0.1) is 14.2 Å². The van der Waals surface area contributed by atoms with E-state index in [2.05, 4.69) is 15.5 Å². The summed E-state index contributed by atoms with van der Waals surface area (Å²) in [6.07, 6.45) is 0.945. The maximum absolute atomic E-state index is 12.0. The number of methoxy groups -OCH3 is 2. The summed E-state index contributed by atoms with van der Waals surface area (Å²) in [5, 5.41) is 11.3. The Hall–Kier alpha value is -1.80. The minimum Gasteiger partial charge on any atom is -0.497 e. The maximum Gasteiger partial charge on any atom is 0.226 e. The van der Waals surface area contributed by atoms with Gasteiger partial charge in [0.2, 0.25) is 11.0 Å². The molecule has 6 nitrogen and oxygen atoms in total. The topological polar surface area (TPSA) is 73.3 Å². The number of benzene rings is 1. The highest BCUT2D eigenvalue weighted by atomic mass is 32.2. The smallest absolute Gasteiger partial charge is 0.226 e. The summed E-state index contributed by atoms with van der Waals surface area (Å²) in [7, 11) is 3.21. The third-order valence-corrected chi connectivity index (χ3v) is 4.83. The Morgan fingerprint density at radius 3 is 2.52 bits per heavy atom. The molecule has 1 amide bonds. The maximum atomic E-state index is 12.0. The monoisotopic (exact) mass is 353 g/mol. The number of carbonyl (C=O) groups excluding carboxylic acids is 1. The predicted octanol–water partition coefficient (Wildman–Crippen LogP) is 3.24. The average Bonchev–Trinajstić information content (AvgIpc) is 3.00. The number of aryl methyl sites for hydroxylation is 1. The number of anilines is 1. The van der Waals surface area contributed by atoms with Crippen LogP contribution in [0.15, 0.2) is 22.5 Å². The third-order valence-electron chi connectivity index (χ3n) is 2.97. The van der Waals surface area contributed by atoms with Gasteiger partial charge in [-0.1, -0.05) is 30.0 Å². The zero-order valence-corrected chi connectivity index (χ0v) is 14.9. The van der Waals surface area contributed by atoms with Crippen LogP contribution in [0.2, 0.25) is 0 Å². The van der Waals surface area contributed by atoms with Gasteiger partial charge in [0.25, 0.3) is 0 Å². The first-order valence-electron chi connectivity index (χ1n) is 7.12. The van der Waals surface area contributed by atoms with Crippen LogP contribution in [-0.2, 0) is 11.2 Å². The molecule has 0 radical (unpaired) electrons. The lowest BCUT2D eigenvalue weighted by Crippen LogP contribution is -2.12. The Bertz CT molecular complexity index is 639. The van der Waals surface area contributed by atoms with Gasteiger partial charge >= 0.3 is 0 Å². The number of rotatable bonds is 8. The molecule has 124 valence electrons. The lowest BCUT2D eigenvalue weighted by molar-refractivity contribution is -0.116. The van der Waals surface area contributed by atoms with Crippen molar-refractivity contribution in [2.45, 2.75) is 24.1 Å². The number of hydrogen-bond donors (Lipinski definition) is 1. The molecule has 1 aromatic heterocycles. The summed E-state index contributed by atoms with van der Waals surface area (Å²) in [6, 6.07) is 5.60. The van der Waals surface area contributed by atoms with E-state index in [4.69, 9.17) is 9.47 Å². The Morgan fingerprint density at radius 2 is 1.91 bits per heavy atom. The summed E-state index contributed by atoms with van der Waals surface area (Å²) in [5.74, 6) is 2.27. The zero-order chi connectivity index (χ0) is 16.7. The second kappa shape index (κ2) is 8.73. The van der Waals surface area contributed by atoms with Gasteiger partial charge in [-0.25, -0.2) is 0 Å². The van der Waals surface area contributed by atoms with Gasteiger partial charge in [0.1, 0.15) is 11.5 Å². The second-order valence-corrected chi connectivity index (χ2v) is 7.06. The molecule has 2 rings (SSSR count). The molecule has 0 saturated heterocycles. The number of nitrogens with zero attached hydrogens (tertiary/aromatic N) is 2. The molecule has 0 spiro atoms. The summed E-state index contributed by atoms with van der Waals surface area (Å²) < 4.78 is 11.3. The normalized spacial score (nSPS) is 10.4. The fourth-order valence-corrected chi connectivity index (χ4v) is 3.56. The molecule has 1 heterocycles. The standard InChI is InChI=1S/C15H19N3O3S2/c1-4-22-15-18-17-14(23-15)16-13(19)6-5-10-7-11(20-2)9-12(8-10)21-3/h7-9H,4-6H2,1-3H3,(H,16,17,19). The molecule has 0 saturated carbocycles. The van der Waals surface area contributed by atoms with Gasteiger partial charge in [-0.3, -0.25) is 4.79 Å². The lowest BCUT2D eigenvalue weighted by atomic mass is 10.1. The number of amides is 1. The molecule has 0 atom stereocenters. The van der Waals surface area contributed by atoms with Crippen LogP contribution in [0.25, 0.3) is 0 Å². The molecule has 1 N–H and O–H groups in total. The van der Waals surface area contributed by atoms with E-state index in [-0.39, 0.29) is 5.91 Å². The highest BCUT2D eigenvalue weighted by Gasteiger charge is 2.09. The Kier molecular flexibility index (Phi) is 6.66. The van der Waals surface area contributed by atoms with Crippen molar-refractivity contribution in [2.24, 2.45) is 0 Å². The van der Waals surface area contributed by atoms with Crippen molar-refractivity contribution in [3.8, 4) is 11.5 Å². The van der Waals surface area contributed by atoms with Crippen molar-refractivity contribution in [3.05, 3.63) is 23.8 Å². The quantitative estimate of drug-likeness (QED) is 0.580. The van der Waals surface area contributed by atoms with E-state index in [1.54, 1.807) is 32.0 Å². The fraction of sp³-hybridized carbons (Fsp3) is 0.400. The fourth-order valence-electron chi connectivity index (χ4n) is 1.89. The molecular weight excluding hydrogens is 334 g/mol. The van der Waals surface area contributed by atoms with Gasteiger partial charge in [0, 0.05) is 12.5 Å². The van der Waals surface area contributed by atoms with Gasteiger partial charge < -0.3 is 14.8 Å². The SMILES string of the molecule is CCSc1nnc(NC(=O)CCc2cc(OC)cc(OC)c2)s1. The molecule has 1 aromatic carbocycles. The van der Waals surface area contributed by atoms with Crippen LogP contribution < -0.4 is 14.8 Å². The number of thioether (sulfide) groups is 1. The van der Waals surface area contributed by atoms with Crippen molar-refractivity contribution in [3.63, 3.8) is 0 Å². The molecule has 0 aliphatic rings. The number of hydrogen-bond acceptors (Lipinski definition) is 7. The van der Waals surface area contributed by atoms with Crippen LogP contribution in [0.1, 0.15) is 18.9 Å². The Morgan fingerprint density at radius 1 is 1.22 bits per heavy atom. The van der Waals surface area contributed by atoms with Gasteiger partial charge in [0.15, 0.2) is 4.34 Å². The molecule has 0 unspecified atom stereocenters. The summed E-state index contributed by atoms with van der Waals surface area (Å²) >= 11 is 3.00. The van der Waals surface area contributed by atoms with Crippen molar-refractivity contribution in [2.75, 3.05) is 25.3 Å². The van der Waals surface area contributed by atoms with Crippen molar-refractivity contribution in [1.82, 2.24) is 10.2 Å². The van der Waals surface area contributed by atoms with E-state index < -0.39 is 0 Å². The molecule has 0 aliphatic heterocycles. The Labute approximate surface area is 143 Å². The van der Waals surface area contributed by atoms with Crippen molar-refractivity contribution < 1.29 is 14.3 Å². The second-order valence-electron chi connectivity index (χ2n) is 4.58. The van der Waals surface area contributed by atoms with E-state index in [1.807, 2.05) is 19.1 Å². The van der Waals surface area contributed by atoms with E-state index in [9.17, 15) is 4.79 Å². The zero-order valence-electron chi connectivity index (χ0n) is 13.3. The minimum absolute atomic E-state index is 0.0871. The van der Waals surface area contributed by atoms with E-state index in [0.717, 1.165) is 15.7 Å². The average molecular weight is 353 g/mol. The minimum atomic E-state index is -0.0871. The molecule has 0 bridgehead atoms. The van der Waals surface area contributed by atoms with Gasteiger partial charge in [-0.2, -0.15) is 0 Å². The summed E-state index contributed by atoms with van der Waals surface area (Å²) in [5.41, 5.74) is 0.982. The first-order valence-corrected chi connectivity index (χ1v) is 8.93. The summed E-state index contributed by atoms with van der Waals surface area (Å²) in [4.78, 5) is 12.0. The molecule has 23 heavy (non-hydrogen) atoms. The van der Waals surface area contributed by atoms with E-state index in [1.165, 1.54) is 11.3 Å². The molecule has 2 aromatic rings. The predicted molar refractivity (Wildman–Crippen MR) is 92.8 cm³/mol. The first-order chi connectivity index (χ1) is 11.1. The van der Waals surface area contributed by atoms with E-state index >= 15 is 0 Å². The highest BCUT2D eigenvalue weighted by Crippen LogP contribution is 2.26. The first kappa shape index (κ1) is 17.6. The Balaban J connectivity index is 1.90. The van der Waals surface area contributed by atoms with E-state index in [0.29, 0.717) is 29.5 Å².